The molecular formula is C14H16N4O. The smallest absolute Gasteiger partial charge is 0.157 e. The lowest BCUT2D eigenvalue weighted by atomic mass is 10.2. The summed E-state index contributed by atoms with van der Waals surface area (Å²) in [7, 11) is 1.87. The Bertz CT molecular complexity index is 698. The summed E-state index contributed by atoms with van der Waals surface area (Å²) in [6.45, 7) is 3.40. The van der Waals surface area contributed by atoms with E-state index in [1.807, 2.05) is 30.1 Å². The van der Waals surface area contributed by atoms with Crippen molar-refractivity contribution >= 4 is 10.9 Å². The molecule has 0 aliphatic heterocycles. The molecule has 0 radical (unpaired) electrons. The van der Waals surface area contributed by atoms with Crippen molar-refractivity contribution in [2.45, 2.75) is 20.1 Å². The van der Waals surface area contributed by atoms with Crippen molar-refractivity contribution in [2.24, 2.45) is 7.05 Å². The maximum absolute atomic E-state index is 5.72. The first-order valence-corrected chi connectivity index (χ1v) is 6.34. The second kappa shape index (κ2) is 4.76. The van der Waals surface area contributed by atoms with Crippen LogP contribution in [-0.4, -0.2) is 19.6 Å². The quantitative estimate of drug-likeness (QED) is 0.720. The molecule has 2 aromatic heterocycles. The molecular weight excluding hydrogens is 240 g/mol. The molecule has 19 heavy (non-hydrogen) atoms. The highest BCUT2D eigenvalue weighted by Gasteiger charge is 2.09. The number of nitrogens with zero attached hydrogens (tertiary/aromatic N) is 4. The van der Waals surface area contributed by atoms with Crippen molar-refractivity contribution in [3.8, 4) is 5.75 Å². The molecule has 98 valence electrons. The summed E-state index contributed by atoms with van der Waals surface area (Å²) in [6.07, 6.45) is 3.55. The molecule has 0 amide bonds. The number of benzene rings is 1. The lowest BCUT2D eigenvalue weighted by molar-refractivity contribution is 0.300. The molecule has 0 aliphatic rings. The molecule has 0 fully saturated rings. The maximum atomic E-state index is 5.72. The summed E-state index contributed by atoms with van der Waals surface area (Å²) < 4.78 is 9.44. The number of aromatic nitrogens is 4. The van der Waals surface area contributed by atoms with Crippen LogP contribution in [0.25, 0.3) is 10.9 Å². The molecule has 0 unspecified atom stereocenters. The van der Waals surface area contributed by atoms with Gasteiger partial charge in [-0.1, -0.05) is 18.2 Å². The van der Waals surface area contributed by atoms with Gasteiger partial charge in [0.25, 0.3) is 0 Å². The summed E-state index contributed by atoms with van der Waals surface area (Å²) in [5.41, 5.74) is 2.11. The van der Waals surface area contributed by atoms with Gasteiger partial charge < -0.3 is 4.74 Å². The van der Waals surface area contributed by atoms with Crippen LogP contribution in [0, 0.1) is 0 Å². The third-order valence-electron chi connectivity index (χ3n) is 3.09. The van der Waals surface area contributed by atoms with Crippen molar-refractivity contribution in [3.05, 3.63) is 42.4 Å². The molecule has 3 rings (SSSR count). The lowest BCUT2D eigenvalue weighted by Gasteiger charge is -2.00. The molecule has 5 nitrogen and oxygen atoms in total. The standard InChI is InChI=1S/C14H16N4O/c1-3-18-14-7-5-4-6-12(14)13(16-18)10-19-11-8-15-17(2)9-11/h4-9H,3,10H2,1-2H3. The van der Waals surface area contributed by atoms with Gasteiger partial charge in [0.15, 0.2) is 5.75 Å². The highest BCUT2D eigenvalue weighted by molar-refractivity contribution is 5.81. The highest BCUT2D eigenvalue weighted by atomic mass is 16.5. The minimum atomic E-state index is 0.458. The van der Waals surface area contributed by atoms with Crippen molar-refractivity contribution in [2.75, 3.05) is 0 Å². The van der Waals surface area contributed by atoms with E-state index in [4.69, 9.17) is 4.74 Å². The molecule has 0 spiro atoms. The third kappa shape index (κ3) is 2.19. The molecule has 3 aromatic rings. The average molecular weight is 256 g/mol. The van der Waals surface area contributed by atoms with Crippen molar-refractivity contribution in [1.29, 1.82) is 0 Å². The predicted octanol–water partition coefficient (Wildman–Crippen LogP) is 2.37. The van der Waals surface area contributed by atoms with E-state index in [0.29, 0.717) is 6.61 Å². The van der Waals surface area contributed by atoms with Gasteiger partial charge >= 0.3 is 0 Å². The molecule has 0 N–H and O–H groups in total. The van der Waals surface area contributed by atoms with Crippen LogP contribution in [0.1, 0.15) is 12.6 Å². The molecule has 0 aliphatic carbocycles. The van der Waals surface area contributed by atoms with Crippen LogP contribution in [0.15, 0.2) is 36.7 Å². The topological polar surface area (TPSA) is 44.9 Å². The summed E-state index contributed by atoms with van der Waals surface area (Å²) in [4.78, 5) is 0. The molecule has 0 bridgehead atoms. The third-order valence-corrected chi connectivity index (χ3v) is 3.09. The first-order valence-electron chi connectivity index (χ1n) is 6.34. The zero-order valence-electron chi connectivity index (χ0n) is 11.1. The van der Waals surface area contributed by atoms with Crippen LogP contribution in [-0.2, 0) is 20.2 Å². The minimum absolute atomic E-state index is 0.458. The number of rotatable bonds is 4. The van der Waals surface area contributed by atoms with E-state index in [9.17, 15) is 0 Å². The van der Waals surface area contributed by atoms with Gasteiger partial charge in [0, 0.05) is 19.0 Å². The molecule has 0 saturated heterocycles. The highest BCUT2D eigenvalue weighted by Crippen LogP contribution is 2.20. The summed E-state index contributed by atoms with van der Waals surface area (Å²) in [5.74, 6) is 0.762. The molecule has 0 saturated carbocycles. The fourth-order valence-electron chi connectivity index (χ4n) is 2.17. The van der Waals surface area contributed by atoms with Crippen LogP contribution in [0.5, 0.6) is 5.75 Å². The Morgan fingerprint density at radius 1 is 1.26 bits per heavy atom. The zero-order chi connectivity index (χ0) is 13.2. The van der Waals surface area contributed by atoms with Crippen LogP contribution in [0.2, 0.25) is 0 Å². The molecule has 5 heteroatoms. The van der Waals surface area contributed by atoms with Gasteiger partial charge in [0.05, 0.1) is 17.9 Å². The molecule has 1 aromatic carbocycles. The Kier molecular flexibility index (Phi) is 2.95. The van der Waals surface area contributed by atoms with E-state index in [2.05, 4.69) is 29.3 Å². The second-order valence-corrected chi connectivity index (χ2v) is 4.42. The first-order chi connectivity index (χ1) is 9.28. The number of para-hydroxylation sites is 1. The van der Waals surface area contributed by atoms with Gasteiger partial charge in [-0.2, -0.15) is 10.2 Å². The molecule has 2 heterocycles. The normalized spacial score (nSPS) is 11.1. The SMILES string of the molecule is CCn1nc(COc2cnn(C)c2)c2ccccc21. The van der Waals surface area contributed by atoms with Gasteiger partial charge in [0.2, 0.25) is 0 Å². The van der Waals surface area contributed by atoms with Crippen LogP contribution in [0.4, 0.5) is 0 Å². The van der Waals surface area contributed by atoms with E-state index >= 15 is 0 Å². The Hall–Kier alpha value is -2.30. The fraction of sp³-hybridized carbons (Fsp3) is 0.286. The minimum Gasteiger partial charge on any atom is -0.484 e. The fourth-order valence-corrected chi connectivity index (χ4v) is 2.17. The van der Waals surface area contributed by atoms with Crippen LogP contribution < -0.4 is 4.74 Å². The van der Waals surface area contributed by atoms with Crippen LogP contribution >= 0.6 is 0 Å². The maximum Gasteiger partial charge on any atom is 0.157 e. The van der Waals surface area contributed by atoms with Gasteiger partial charge in [-0.25, -0.2) is 0 Å². The Labute approximate surface area is 111 Å². The van der Waals surface area contributed by atoms with E-state index in [1.54, 1.807) is 10.9 Å². The number of ether oxygens (including phenoxy) is 1. The predicted molar refractivity (Wildman–Crippen MR) is 72.9 cm³/mol. The zero-order valence-corrected chi connectivity index (χ0v) is 11.1. The Morgan fingerprint density at radius 2 is 2.11 bits per heavy atom. The van der Waals surface area contributed by atoms with E-state index in [1.165, 1.54) is 0 Å². The monoisotopic (exact) mass is 256 g/mol. The molecule has 0 atom stereocenters. The van der Waals surface area contributed by atoms with Gasteiger partial charge in [-0.05, 0) is 13.0 Å². The van der Waals surface area contributed by atoms with Crippen molar-refractivity contribution < 1.29 is 4.74 Å². The van der Waals surface area contributed by atoms with E-state index in [-0.39, 0.29) is 0 Å². The van der Waals surface area contributed by atoms with Crippen molar-refractivity contribution in [1.82, 2.24) is 19.6 Å². The number of fused-ring (bicyclic) bond motifs is 1. The summed E-state index contributed by atoms with van der Waals surface area (Å²) in [5, 5.41) is 9.82. The Morgan fingerprint density at radius 3 is 2.84 bits per heavy atom. The van der Waals surface area contributed by atoms with E-state index in [0.717, 1.165) is 28.9 Å². The number of hydrogen-bond donors (Lipinski definition) is 0. The van der Waals surface area contributed by atoms with Gasteiger partial charge in [0.1, 0.15) is 12.3 Å². The largest absolute Gasteiger partial charge is 0.484 e. The number of hydrogen-bond acceptors (Lipinski definition) is 3. The average Bonchev–Trinajstić information content (AvgIpc) is 3.00. The summed E-state index contributed by atoms with van der Waals surface area (Å²) in [6, 6.07) is 8.22. The summed E-state index contributed by atoms with van der Waals surface area (Å²) >= 11 is 0. The first kappa shape index (κ1) is 11.8. The van der Waals surface area contributed by atoms with E-state index < -0.39 is 0 Å². The number of aryl methyl sites for hydroxylation is 2. The van der Waals surface area contributed by atoms with Crippen LogP contribution in [0.3, 0.4) is 0 Å². The lowest BCUT2D eigenvalue weighted by Crippen LogP contribution is -1.99. The Balaban J connectivity index is 1.88. The van der Waals surface area contributed by atoms with Gasteiger partial charge in [-0.15, -0.1) is 0 Å². The van der Waals surface area contributed by atoms with Crippen molar-refractivity contribution in [3.63, 3.8) is 0 Å². The second-order valence-electron chi connectivity index (χ2n) is 4.42. The van der Waals surface area contributed by atoms with Gasteiger partial charge in [-0.3, -0.25) is 9.36 Å².